The van der Waals surface area contributed by atoms with Crippen LogP contribution >= 0.6 is 0 Å². The smallest absolute Gasteiger partial charge is 0.225 e. The lowest BCUT2D eigenvalue weighted by Crippen LogP contribution is -2.49. The number of hydrogen-bond donors (Lipinski definition) is 1. The second-order valence-electron chi connectivity index (χ2n) is 8.06. The van der Waals surface area contributed by atoms with Crippen LogP contribution in [-0.2, 0) is 20.9 Å². The molecule has 2 aliphatic rings. The van der Waals surface area contributed by atoms with Gasteiger partial charge in [0.25, 0.3) is 0 Å². The lowest BCUT2D eigenvalue weighted by Gasteiger charge is -2.38. The molecule has 2 amide bonds. The topological polar surface area (TPSA) is 105 Å². The number of carbonyl (C=O) groups excluding carboxylic acids is 2. The number of imidazole rings is 1. The highest BCUT2D eigenvalue weighted by molar-refractivity contribution is 5.84. The molecule has 0 spiro atoms. The SMILES string of the molecule is CCOC1CC(C(=O)N2CCC(=O)NCCN(c3ncnc4c3ncn4CC)CC2)C1. The van der Waals surface area contributed by atoms with Crippen LogP contribution in [0.1, 0.15) is 33.1 Å². The molecule has 2 aromatic rings. The lowest BCUT2D eigenvalue weighted by atomic mass is 9.81. The summed E-state index contributed by atoms with van der Waals surface area (Å²) in [5.41, 5.74) is 1.53. The summed E-state index contributed by atoms with van der Waals surface area (Å²) in [6.45, 7) is 8.17. The Morgan fingerprint density at radius 1 is 1.16 bits per heavy atom. The number of rotatable bonds is 5. The van der Waals surface area contributed by atoms with E-state index >= 15 is 0 Å². The van der Waals surface area contributed by atoms with E-state index in [1.807, 2.05) is 23.3 Å². The summed E-state index contributed by atoms with van der Waals surface area (Å²) in [5.74, 6) is 0.803. The Hall–Kier alpha value is -2.75. The standard InChI is InChI=1S/C21H31N7O3/c1-3-26-14-25-18-19(26)23-13-24-20(18)27-8-6-22-17(29)5-7-28(10-9-27)21(30)15-11-16(12-15)31-4-2/h13-16H,3-12H2,1-2H3,(H,22,29). The molecule has 10 nitrogen and oxygen atoms in total. The summed E-state index contributed by atoms with van der Waals surface area (Å²) in [4.78, 5) is 42.6. The van der Waals surface area contributed by atoms with Crippen molar-refractivity contribution in [2.75, 3.05) is 44.2 Å². The minimum atomic E-state index is -0.0384. The Balaban J connectivity index is 1.51. The molecular formula is C21H31N7O3. The van der Waals surface area contributed by atoms with Gasteiger partial charge in [-0.05, 0) is 26.7 Å². The fourth-order valence-corrected chi connectivity index (χ4v) is 4.28. The average molecular weight is 430 g/mol. The summed E-state index contributed by atoms with van der Waals surface area (Å²) in [6.07, 6.45) is 5.36. The lowest BCUT2D eigenvalue weighted by molar-refractivity contribution is -0.144. The molecule has 31 heavy (non-hydrogen) atoms. The van der Waals surface area contributed by atoms with Crippen molar-refractivity contribution in [3.05, 3.63) is 12.7 Å². The zero-order valence-corrected chi connectivity index (χ0v) is 18.3. The molecule has 1 N–H and O–H groups in total. The van der Waals surface area contributed by atoms with Gasteiger partial charge in [0.05, 0.1) is 12.4 Å². The molecule has 1 aliphatic heterocycles. The Labute approximate surface area is 182 Å². The van der Waals surface area contributed by atoms with Gasteiger partial charge in [0.2, 0.25) is 11.8 Å². The molecule has 0 unspecified atom stereocenters. The van der Waals surface area contributed by atoms with Crippen molar-refractivity contribution < 1.29 is 14.3 Å². The van der Waals surface area contributed by atoms with E-state index in [0.717, 1.165) is 36.4 Å². The maximum Gasteiger partial charge on any atom is 0.225 e. The predicted octanol–water partition coefficient (Wildman–Crippen LogP) is 0.816. The molecule has 168 valence electrons. The first-order valence-electron chi connectivity index (χ1n) is 11.2. The van der Waals surface area contributed by atoms with Gasteiger partial charge in [-0.3, -0.25) is 9.59 Å². The van der Waals surface area contributed by atoms with Crippen LogP contribution in [0.3, 0.4) is 0 Å². The van der Waals surface area contributed by atoms with Gasteiger partial charge in [0.15, 0.2) is 17.0 Å². The summed E-state index contributed by atoms with van der Waals surface area (Å²) in [7, 11) is 0. The molecule has 1 aliphatic carbocycles. The number of hydrogen-bond acceptors (Lipinski definition) is 7. The van der Waals surface area contributed by atoms with Crippen molar-refractivity contribution >= 4 is 28.8 Å². The number of nitrogens with one attached hydrogen (secondary N) is 1. The van der Waals surface area contributed by atoms with Crippen molar-refractivity contribution in [2.45, 2.75) is 45.8 Å². The molecule has 0 atom stereocenters. The van der Waals surface area contributed by atoms with E-state index in [0.29, 0.717) is 45.8 Å². The first-order valence-corrected chi connectivity index (χ1v) is 11.2. The molecule has 2 fully saturated rings. The Bertz CT molecular complexity index is 925. The maximum absolute atomic E-state index is 13.1. The Morgan fingerprint density at radius 3 is 2.77 bits per heavy atom. The van der Waals surface area contributed by atoms with E-state index in [2.05, 4.69) is 25.2 Å². The molecule has 0 radical (unpaired) electrons. The first kappa shape index (κ1) is 21.5. The first-order chi connectivity index (χ1) is 15.1. The van der Waals surface area contributed by atoms with Gasteiger partial charge in [-0.2, -0.15) is 0 Å². The maximum atomic E-state index is 13.1. The van der Waals surface area contributed by atoms with Crippen molar-refractivity contribution in [3.8, 4) is 0 Å². The third kappa shape index (κ3) is 4.63. The van der Waals surface area contributed by atoms with E-state index < -0.39 is 0 Å². The fourth-order valence-electron chi connectivity index (χ4n) is 4.28. The normalized spacial score (nSPS) is 22.8. The Kier molecular flexibility index (Phi) is 6.64. The van der Waals surface area contributed by atoms with Gasteiger partial charge in [-0.1, -0.05) is 0 Å². The highest BCUT2D eigenvalue weighted by atomic mass is 16.5. The van der Waals surface area contributed by atoms with Crippen molar-refractivity contribution in [1.82, 2.24) is 29.7 Å². The van der Waals surface area contributed by atoms with E-state index in [1.165, 1.54) is 0 Å². The summed E-state index contributed by atoms with van der Waals surface area (Å²) in [5, 5.41) is 2.95. The Morgan fingerprint density at radius 2 is 2.00 bits per heavy atom. The molecule has 3 heterocycles. The highest BCUT2D eigenvalue weighted by Gasteiger charge is 2.37. The van der Waals surface area contributed by atoms with Gasteiger partial charge >= 0.3 is 0 Å². The molecule has 4 rings (SSSR count). The van der Waals surface area contributed by atoms with Crippen molar-refractivity contribution in [2.24, 2.45) is 5.92 Å². The van der Waals surface area contributed by atoms with Gasteiger partial charge in [-0.25, -0.2) is 15.0 Å². The molecular weight excluding hydrogens is 398 g/mol. The van der Waals surface area contributed by atoms with Crippen molar-refractivity contribution in [3.63, 3.8) is 0 Å². The summed E-state index contributed by atoms with van der Waals surface area (Å²) >= 11 is 0. The van der Waals surface area contributed by atoms with Gasteiger partial charge < -0.3 is 24.4 Å². The van der Waals surface area contributed by atoms with Crippen LogP contribution in [0.15, 0.2) is 12.7 Å². The molecule has 10 heteroatoms. The van der Waals surface area contributed by atoms with Crippen LogP contribution in [0.5, 0.6) is 0 Å². The second-order valence-corrected chi connectivity index (χ2v) is 8.06. The highest BCUT2D eigenvalue weighted by Crippen LogP contribution is 2.32. The van der Waals surface area contributed by atoms with E-state index in [1.54, 1.807) is 12.7 Å². The van der Waals surface area contributed by atoms with Gasteiger partial charge in [0, 0.05) is 58.2 Å². The molecule has 0 bridgehead atoms. The summed E-state index contributed by atoms with van der Waals surface area (Å²) < 4.78 is 7.58. The quantitative estimate of drug-likeness (QED) is 0.750. The molecule has 1 saturated carbocycles. The number of amides is 2. The number of ether oxygens (including phenoxy) is 1. The number of nitrogens with zero attached hydrogens (tertiary/aromatic N) is 6. The van der Waals surface area contributed by atoms with E-state index in [9.17, 15) is 9.59 Å². The van der Waals surface area contributed by atoms with Crippen LogP contribution in [0.2, 0.25) is 0 Å². The van der Waals surface area contributed by atoms with Gasteiger partial charge in [0.1, 0.15) is 6.33 Å². The number of fused-ring (bicyclic) bond motifs is 1. The second kappa shape index (κ2) is 9.59. The van der Waals surface area contributed by atoms with Crippen LogP contribution in [0.25, 0.3) is 11.2 Å². The number of anilines is 1. The zero-order chi connectivity index (χ0) is 21.8. The number of aromatic nitrogens is 4. The molecule has 2 aromatic heterocycles. The van der Waals surface area contributed by atoms with E-state index in [4.69, 9.17) is 4.74 Å². The van der Waals surface area contributed by atoms with E-state index in [-0.39, 0.29) is 23.8 Å². The van der Waals surface area contributed by atoms with Crippen LogP contribution < -0.4 is 10.2 Å². The monoisotopic (exact) mass is 429 g/mol. The minimum absolute atomic E-state index is 0.0120. The third-order valence-electron chi connectivity index (χ3n) is 6.13. The minimum Gasteiger partial charge on any atom is -0.378 e. The average Bonchev–Trinajstić information content (AvgIpc) is 3.17. The predicted molar refractivity (Wildman–Crippen MR) is 116 cm³/mol. The number of carbonyl (C=O) groups is 2. The molecule has 0 aromatic carbocycles. The van der Waals surface area contributed by atoms with Crippen molar-refractivity contribution in [1.29, 1.82) is 0 Å². The van der Waals surface area contributed by atoms with Crippen LogP contribution in [0, 0.1) is 5.92 Å². The molecule has 1 saturated heterocycles. The summed E-state index contributed by atoms with van der Waals surface area (Å²) in [6, 6.07) is 0. The van der Waals surface area contributed by atoms with Crippen LogP contribution in [0.4, 0.5) is 5.82 Å². The van der Waals surface area contributed by atoms with Gasteiger partial charge in [-0.15, -0.1) is 0 Å². The van der Waals surface area contributed by atoms with Crippen LogP contribution in [-0.4, -0.2) is 81.7 Å². The number of aryl methyl sites for hydroxylation is 1. The zero-order valence-electron chi connectivity index (χ0n) is 18.3. The largest absolute Gasteiger partial charge is 0.378 e. The third-order valence-corrected chi connectivity index (χ3v) is 6.13. The fraction of sp³-hybridized carbons (Fsp3) is 0.667.